The number of aryl methyl sites for hydroxylation is 1. The molecule has 0 saturated carbocycles. The van der Waals surface area contributed by atoms with Gasteiger partial charge in [0.1, 0.15) is 0 Å². The molecule has 0 saturated heterocycles. The van der Waals surface area contributed by atoms with Crippen molar-refractivity contribution in [3.8, 4) is 0 Å². The van der Waals surface area contributed by atoms with Crippen LogP contribution in [-0.4, -0.2) is 14.3 Å². The first-order chi connectivity index (χ1) is 15.1. The summed E-state index contributed by atoms with van der Waals surface area (Å²) in [6.45, 7) is 7.92. The molecule has 0 fully saturated rings. The molecule has 1 unspecified atom stereocenters. The van der Waals surface area contributed by atoms with E-state index >= 15 is 0 Å². The second kappa shape index (κ2) is 8.19. The molecule has 32 heavy (non-hydrogen) atoms. The highest BCUT2D eigenvalue weighted by atomic mass is 32.2. The Bertz CT molecular complexity index is 1250. The van der Waals surface area contributed by atoms with Gasteiger partial charge < -0.3 is 5.32 Å². The molecule has 6 heteroatoms. The first-order valence-electron chi connectivity index (χ1n) is 10.7. The number of nitrogens with one attached hydrogen (secondary N) is 2. The second-order valence-electron chi connectivity index (χ2n) is 8.89. The molecule has 1 aliphatic heterocycles. The lowest BCUT2D eigenvalue weighted by atomic mass is 9.74. The van der Waals surface area contributed by atoms with Crippen LogP contribution in [0.4, 0.5) is 5.69 Å². The zero-order valence-electron chi connectivity index (χ0n) is 18.7. The quantitative estimate of drug-likeness (QED) is 0.554. The second-order valence-corrected chi connectivity index (χ2v) is 10.6. The molecule has 0 aliphatic carbocycles. The van der Waals surface area contributed by atoms with Crippen LogP contribution in [-0.2, 0) is 20.2 Å². The van der Waals surface area contributed by atoms with Gasteiger partial charge in [-0.3, -0.25) is 4.79 Å². The molecule has 0 bridgehead atoms. The Morgan fingerprint density at radius 1 is 0.875 bits per heavy atom. The number of hydrogen-bond donors (Lipinski definition) is 2. The molecule has 2 N–H and O–H groups in total. The van der Waals surface area contributed by atoms with Crippen LogP contribution in [0.3, 0.4) is 0 Å². The Labute approximate surface area is 189 Å². The highest BCUT2D eigenvalue weighted by Crippen LogP contribution is 2.46. The van der Waals surface area contributed by atoms with E-state index in [1.54, 1.807) is 31.2 Å². The standard InChI is InChI=1S/C26H28N2O3S/c1-17(2)19-11-13-20(14-12-19)24(28-32(30,31)21-15-9-18(3)10-16-21)26(4)22-7-5-6-8-23(22)27-25(26)29/h5-17,24,28H,1-4H3,(H,27,29)/t24-,26?/m1/s1. The molecule has 3 aromatic rings. The third kappa shape index (κ3) is 3.85. The van der Waals surface area contributed by atoms with Crippen LogP contribution in [0.15, 0.2) is 77.7 Å². The summed E-state index contributed by atoms with van der Waals surface area (Å²) in [5.41, 5.74) is 3.22. The smallest absolute Gasteiger partial charge is 0.241 e. The first kappa shape index (κ1) is 22.2. The van der Waals surface area contributed by atoms with Crippen molar-refractivity contribution >= 4 is 21.6 Å². The van der Waals surface area contributed by atoms with Crippen molar-refractivity contribution < 1.29 is 13.2 Å². The largest absolute Gasteiger partial charge is 0.325 e. The Morgan fingerprint density at radius 2 is 1.47 bits per heavy atom. The molecule has 166 valence electrons. The number of hydrogen-bond acceptors (Lipinski definition) is 3. The number of sulfonamides is 1. The summed E-state index contributed by atoms with van der Waals surface area (Å²) in [6, 6.07) is 21.2. The Morgan fingerprint density at radius 3 is 2.09 bits per heavy atom. The monoisotopic (exact) mass is 448 g/mol. The summed E-state index contributed by atoms with van der Waals surface area (Å²) in [6.07, 6.45) is 0. The molecule has 0 spiro atoms. The van der Waals surface area contributed by atoms with E-state index in [-0.39, 0.29) is 10.8 Å². The van der Waals surface area contributed by atoms with Gasteiger partial charge in [0.25, 0.3) is 0 Å². The van der Waals surface area contributed by atoms with E-state index in [2.05, 4.69) is 23.9 Å². The number of fused-ring (bicyclic) bond motifs is 1. The molecule has 1 heterocycles. The van der Waals surface area contributed by atoms with Crippen LogP contribution in [0, 0.1) is 6.92 Å². The number of para-hydroxylation sites is 1. The van der Waals surface area contributed by atoms with Gasteiger partial charge in [-0.15, -0.1) is 0 Å². The predicted molar refractivity (Wildman–Crippen MR) is 127 cm³/mol. The zero-order chi connectivity index (χ0) is 23.1. The fraction of sp³-hybridized carbons (Fsp3) is 0.269. The van der Waals surface area contributed by atoms with Crippen molar-refractivity contribution in [2.75, 3.05) is 5.32 Å². The predicted octanol–water partition coefficient (Wildman–Crippen LogP) is 5.05. The molecule has 1 aliphatic rings. The number of benzene rings is 3. The molecule has 2 atom stereocenters. The lowest BCUT2D eigenvalue weighted by molar-refractivity contribution is -0.121. The van der Waals surface area contributed by atoms with E-state index in [9.17, 15) is 13.2 Å². The molecular formula is C26H28N2O3S. The summed E-state index contributed by atoms with van der Waals surface area (Å²) in [5.74, 6) is 0.112. The Hall–Kier alpha value is -2.96. The maximum Gasteiger partial charge on any atom is 0.241 e. The lowest BCUT2D eigenvalue weighted by Gasteiger charge is -2.33. The van der Waals surface area contributed by atoms with E-state index in [1.807, 2.05) is 55.5 Å². The fourth-order valence-corrected chi connectivity index (χ4v) is 5.55. The molecule has 4 rings (SSSR count). The summed E-state index contributed by atoms with van der Waals surface area (Å²) < 4.78 is 29.6. The number of anilines is 1. The van der Waals surface area contributed by atoms with E-state index < -0.39 is 21.5 Å². The van der Waals surface area contributed by atoms with Gasteiger partial charge in [0, 0.05) is 5.69 Å². The third-order valence-corrected chi connectivity index (χ3v) is 7.76. The SMILES string of the molecule is Cc1ccc(S(=O)(=O)N[C@H](c2ccc(C(C)C)cc2)C2(C)C(=O)Nc3ccccc32)cc1. The van der Waals surface area contributed by atoms with Crippen molar-refractivity contribution in [2.45, 2.75) is 50.0 Å². The van der Waals surface area contributed by atoms with Gasteiger partial charge in [0.05, 0.1) is 16.4 Å². The number of rotatable bonds is 6. The average Bonchev–Trinajstić information content (AvgIpc) is 3.03. The first-order valence-corrected chi connectivity index (χ1v) is 12.2. The molecule has 1 amide bonds. The highest BCUT2D eigenvalue weighted by molar-refractivity contribution is 7.89. The van der Waals surface area contributed by atoms with Gasteiger partial charge in [-0.2, -0.15) is 0 Å². The van der Waals surface area contributed by atoms with Crippen molar-refractivity contribution in [2.24, 2.45) is 0 Å². The van der Waals surface area contributed by atoms with E-state index in [0.717, 1.165) is 22.3 Å². The third-order valence-electron chi connectivity index (χ3n) is 6.32. The summed E-state index contributed by atoms with van der Waals surface area (Å²) in [4.78, 5) is 13.4. The van der Waals surface area contributed by atoms with Crippen LogP contribution in [0.25, 0.3) is 0 Å². The van der Waals surface area contributed by atoms with E-state index in [4.69, 9.17) is 0 Å². The van der Waals surface area contributed by atoms with Crippen molar-refractivity contribution in [1.29, 1.82) is 0 Å². The Kier molecular flexibility index (Phi) is 5.69. The normalized spacial score (nSPS) is 19.0. The van der Waals surface area contributed by atoms with Gasteiger partial charge in [-0.25, -0.2) is 13.1 Å². The molecule has 5 nitrogen and oxygen atoms in total. The van der Waals surface area contributed by atoms with Crippen molar-refractivity contribution in [3.63, 3.8) is 0 Å². The van der Waals surface area contributed by atoms with Crippen LogP contribution >= 0.6 is 0 Å². The van der Waals surface area contributed by atoms with Crippen LogP contribution in [0.2, 0.25) is 0 Å². The van der Waals surface area contributed by atoms with Crippen LogP contribution in [0.1, 0.15) is 55.0 Å². The van der Waals surface area contributed by atoms with Gasteiger partial charge >= 0.3 is 0 Å². The number of carbonyl (C=O) groups is 1. The molecule has 0 aromatic heterocycles. The van der Waals surface area contributed by atoms with Gasteiger partial charge in [0.15, 0.2) is 0 Å². The maximum atomic E-state index is 13.4. The number of carbonyl (C=O) groups excluding carboxylic acids is 1. The molecular weight excluding hydrogens is 420 g/mol. The minimum absolute atomic E-state index is 0.169. The minimum atomic E-state index is -3.88. The number of amides is 1. The molecule has 3 aromatic carbocycles. The lowest BCUT2D eigenvalue weighted by Crippen LogP contribution is -2.46. The maximum absolute atomic E-state index is 13.4. The van der Waals surface area contributed by atoms with Gasteiger partial charge in [-0.1, -0.05) is 74.0 Å². The zero-order valence-corrected chi connectivity index (χ0v) is 19.5. The summed E-state index contributed by atoms with van der Waals surface area (Å²) in [5, 5.41) is 2.93. The Balaban J connectivity index is 1.84. The van der Waals surface area contributed by atoms with E-state index in [0.29, 0.717) is 11.6 Å². The molecule has 0 radical (unpaired) electrons. The summed E-state index contributed by atoms with van der Waals surface area (Å²) >= 11 is 0. The van der Waals surface area contributed by atoms with Crippen LogP contribution < -0.4 is 10.0 Å². The van der Waals surface area contributed by atoms with Crippen LogP contribution in [0.5, 0.6) is 0 Å². The summed E-state index contributed by atoms with van der Waals surface area (Å²) in [7, 11) is -3.88. The minimum Gasteiger partial charge on any atom is -0.325 e. The van der Waals surface area contributed by atoms with E-state index in [1.165, 1.54) is 0 Å². The highest BCUT2D eigenvalue weighted by Gasteiger charge is 2.50. The topological polar surface area (TPSA) is 75.3 Å². The van der Waals surface area contributed by atoms with Crippen molar-refractivity contribution in [3.05, 3.63) is 95.1 Å². The van der Waals surface area contributed by atoms with Crippen molar-refractivity contribution in [1.82, 2.24) is 4.72 Å². The fourth-order valence-electron chi connectivity index (χ4n) is 4.24. The average molecular weight is 449 g/mol. The van der Waals surface area contributed by atoms with Gasteiger partial charge in [0.2, 0.25) is 15.9 Å². The van der Waals surface area contributed by atoms with Gasteiger partial charge in [-0.05, 0) is 54.7 Å².